The van der Waals surface area contributed by atoms with E-state index < -0.39 is 0 Å². The van der Waals surface area contributed by atoms with E-state index in [1.807, 2.05) is 32.3 Å². The number of anilines is 1. The summed E-state index contributed by atoms with van der Waals surface area (Å²) in [7, 11) is 0. The molecule has 1 aliphatic heterocycles. The van der Waals surface area contributed by atoms with Crippen molar-refractivity contribution < 1.29 is 4.79 Å². The van der Waals surface area contributed by atoms with Crippen molar-refractivity contribution >= 4 is 11.7 Å². The van der Waals surface area contributed by atoms with E-state index in [1.165, 1.54) is 5.56 Å². The molecule has 0 atom stereocenters. The zero-order valence-electron chi connectivity index (χ0n) is 15.5. The van der Waals surface area contributed by atoms with E-state index in [2.05, 4.69) is 37.6 Å². The maximum atomic E-state index is 12.7. The Labute approximate surface area is 155 Å². The van der Waals surface area contributed by atoms with E-state index in [9.17, 15) is 4.79 Å². The summed E-state index contributed by atoms with van der Waals surface area (Å²) in [5.74, 6) is 0.601. The molecule has 3 heterocycles. The number of piperidine rings is 1. The zero-order chi connectivity index (χ0) is 18.4. The van der Waals surface area contributed by atoms with Gasteiger partial charge in [-0.1, -0.05) is 0 Å². The molecule has 2 N–H and O–H groups in total. The van der Waals surface area contributed by atoms with Crippen LogP contribution in [0.5, 0.6) is 0 Å². The third kappa shape index (κ3) is 5.02. The molecule has 1 saturated heterocycles. The van der Waals surface area contributed by atoms with E-state index in [0.717, 1.165) is 32.5 Å². The summed E-state index contributed by atoms with van der Waals surface area (Å²) in [5.41, 5.74) is 1.89. The van der Waals surface area contributed by atoms with Crippen molar-refractivity contribution in [2.24, 2.45) is 0 Å². The summed E-state index contributed by atoms with van der Waals surface area (Å²) in [5, 5.41) is 6.42. The number of rotatable bonds is 6. The van der Waals surface area contributed by atoms with Crippen LogP contribution in [0.25, 0.3) is 0 Å². The first-order chi connectivity index (χ1) is 12.6. The molecule has 0 aliphatic carbocycles. The number of nitrogens with zero attached hydrogens (tertiary/aromatic N) is 3. The van der Waals surface area contributed by atoms with Crippen LogP contribution in [0.3, 0.4) is 0 Å². The average molecular weight is 353 g/mol. The number of nitrogens with one attached hydrogen (secondary N) is 2. The normalized spacial score (nSPS) is 15.8. The topological polar surface area (TPSA) is 70.2 Å². The summed E-state index contributed by atoms with van der Waals surface area (Å²) in [6.07, 6.45) is 7.30. The Bertz CT molecular complexity index is 711. The highest BCUT2D eigenvalue weighted by atomic mass is 16.1. The lowest BCUT2D eigenvalue weighted by molar-refractivity contribution is 0.0909. The van der Waals surface area contributed by atoms with Crippen LogP contribution in [-0.2, 0) is 6.54 Å². The SMILES string of the molecule is CC(C)Nc1ncccc1C(=O)NC1CCN(Cc2ccncc2)CC1. The second-order valence-electron chi connectivity index (χ2n) is 7.08. The summed E-state index contributed by atoms with van der Waals surface area (Å²) in [4.78, 5) is 23.5. The summed E-state index contributed by atoms with van der Waals surface area (Å²) in [6, 6.07) is 8.18. The van der Waals surface area contributed by atoms with Gasteiger partial charge >= 0.3 is 0 Å². The van der Waals surface area contributed by atoms with Crippen molar-refractivity contribution in [2.45, 2.75) is 45.3 Å². The fourth-order valence-electron chi connectivity index (χ4n) is 3.22. The summed E-state index contributed by atoms with van der Waals surface area (Å²) >= 11 is 0. The molecule has 26 heavy (non-hydrogen) atoms. The largest absolute Gasteiger partial charge is 0.367 e. The van der Waals surface area contributed by atoms with Crippen molar-refractivity contribution in [3.8, 4) is 0 Å². The van der Waals surface area contributed by atoms with Crippen LogP contribution in [0, 0.1) is 0 Å². The molecule has 6 heteroatoms. The van der Waals surface area contributed by atoms with Gasteiger partial charge in [0.2, 0.25) is 0 Å². The van der Waals surface area contributed by atoms with Gasteiger partial charge in [-0.15, -0.1) is 0 Å². The van der Waals surface area contributed by atoms with Crippen LogP contribution >= 0.6 is 0 Å². The smallest absolute Gasteiger partial charge is 0.255 e. The molecule has 0 saturated carbocycles. The molecule has 1 fully saturated rings. The molecule has 1 amide bonds. The quantitative estimate of drug-likeness (QED) is 0.836. The molecule has 0 radical (unpaired) electrons. The van der Waals surface area contributed by atoms with Gasteiger partial charge in [0.25, 0.3) is 5.91 Å². The molecular formula is C20H27N5O. The second-order valence-corrected chi connectivity index (χ2v) is 7.08. The number of hydrogen-bond acceptors (Lipinski definition) is 5. The summed E-state index contributed by atoms with van der Waals surface area (Å²) < 4.78 is 0. The third-order valence-corrected chi connectivity index (χ3v) is 4.56. The maximum absolute atomic E-state index is 12.7. The Kier molecular flexibility index (Phi) is 6.17. The van der Waals surface area contributed by atoms with Crippen molar-refractivity contribution in [1.29, 1.82) is 0 Å². The molecule has 0 bridgehead atoms. The van der Waals surface area contributed by atoms with Crippen LogP contribution in [0.15, 0.2) is 42.9 Å². The molecule has 0 unspecified atom stereocenters. The standard InChI is InChI=1S/C20H27N5O/c1-15(2)23-19-18(4-3-9-22-19)20(26)24-17-7-12-25(13-8-17)14-16-5-10-21-11-6-16/h3-6,9-11,15,17H,7-8,12-14H2,1-2H3,(H,22,23)(H,24,26). The van der Waals surface area contributed by atoms with Gasteiger partial charge in [-0.2, -0.15) is 0 Å². The van der Waals surface area contributed by atoms with Crippen LogP contribution in [0.2, 0.25) is 0 Å². The van der Waals surface area contributed by atoms with Gasteiger partial charge in [-0.05, 0) is 56.5 Å². The summed E-state index contributed by atoms with van der Waals surface area (Å²) in [6.45, 7) is 6.98. The molecular weight excluding hydrogens is 326 g/mol. The lowest BCUT2D eigenvalue weighted by Gasteiger charge is -2.32. The van der Waals surface area contributed by atoms with Gasteiger partial charge in [-0.3, -0.25) is 14.7 Å². The first-order valence-corrected chi connectivity index (χ1v) is 9.25. The van der Waals surface area contributed by atoms with Gasteiger partial charge in [0, 0.05) is 50.3 Å². The van der Waals surface area contributed by atoms with E-state index in [0.29, 0.717) is 11.4 Å². The van der Waals surface area contributed by atoms with Crippen LogP contribution < -0.4 is 10.6 Å². The minimum absolute atomic E-state index is 0.0474. The highest BCUT2D eigenvalue weighted by Gasteiger charge is 2.22. The van der Waals surface area contributed by atoms with Crippen molar-refractivity contribution in [1.82, 2.24) is 20.2 Å². The van der Waals surface area contributed by atoms with Gasteiger partial charge in [0.15, 0.2) is 0 Å². The van der Waals surface area contributed by atoms with Gasteiger partial charge < -0.3 is 10.6 Å². The van der Waals surface area contributed by atoms with E-state index in [-0.39, 0.29) is 18.0 Å². The Morgan fingerprint density at radius 3 is 2.62 bits per heavy atom. The van der Waals surface area contributed by atoms with Crippen LogP contribution in [-0.4, -0.2) is 45.9 Å². The first kappa shape index (κ1) is 18.3. The van der Waals surface area contributed by atoms with Crippen LogP contribution in [0.4, 0.5) is 5.82 Å². The first-order valence-electron chi connectivity index (χ1n) is 9.25. The van der Waals surface area contributed by atoms with Gasteiger partial charge in [0.1, 0.15) is 5.82 Å². The average Bonchev–Trinajstić information content (AvgIpc) is 2.64. The molecule has 2 aromatic rings. The number of likely N-dealkylation sites (tertiary alicyclic amines) is 1. The molecule has 3 rings (SSSR count). The van der Waals surface area contributed by atoms with Crippen LogP contribution in [0.1, 0.15) is 42.6 Å². The lowest BCUT2D eigenvalue weighted by Crippen LogP contribution is -2.44. The van der Waals surface area contributed by atoms with E-state index in [4.69, 9.17) is 0 Å². The number of carbonyl (C=O) groups is 1. The Balaban J connectivity index is 1.52. The van der Waals surface area contributed by atoms with Gasteiger partial charge in [-0.25, -0.2) is 4.98 Å². The van der Waals surface area contributed by atoms with E-state index >= 15 is 0 Å². The number of carbonyl (C=O) groups excluding carboxylic acids is 1. The zero-order valence-corrected chi connectivity index (χ0v) is 15.5. The Morgan fingerprint density at radius 1 is 1.19 bits per heavy atom. The molecule has 1 aliphatic rings. The fourth-order valence-corrected chi connectivity index (χ4v) is 3.22. The molecule has 0 spiro atoms. The van der Waals surface area contributed by atoms with E-state index in [1.54, 1.807) is 12.3 Å². The van der Waals surface area contributed by atoms with Gasteiger partial charge in [0.05, 0.1) is 5.56 Å². The third-order valence-electron chi connectivity index (χ3n) is 4.56. The lowest BCUT2D eigenvalue weighted by atomic mass is 10.0. The van der Waals surface area contributed by atoms with Crippen molar-refractivity contribution in [2.75, 3.05) is 18.4 Å². The highest BCUT2D eigenvalue weighted by molar-refractivity contribution is 5.98. The Morgan fingerprint density at radius 2 is 1.92 bits per heavy atom. The maximum Gasteiger partial charge on any atom is 0.255 e. The molecule has 0 aromatic carbocycles. The Hall–Kier alpha value is -2.47. The minimum atomic E-state index is -0.0474. The molecule has 138 valence electrons. The molecule has 6 nitrogen and oxygen atoms in total. The number of hydrogen-bond donors (Lipinski definition) is 2. The predicted molar refractivity (Wildman–Crippen MR) is 103 cm³/mol. The number of pyridine rings is 2. The minimum Gasteiger partial charge on any atom is -0.367 e. The predicted octanol–water partition coefficient (Wildman–Crippen LogP) is 2.69. The van der Waals surface area contributed by atoms with Crippen molar-refractivity contribution in [3.63, 3.8) is 0 Å². The number of amides is 1. The number of aromatic nitrogens is 2. The fraction of sp³-hybridized carbons (Fsp3) is 0.450. The van der Waals surface area contributed by atoms with Crippen molar-refractivity contribution in [3.05, 3.63) is 54.0 Å². The molecule has 2 aromatic heterocycles. The second kappa shape index (κ2) is 8.76. The highest BCUT2D eigenvalue weighted by Crippen LogP contribution is 2.16. The monoisotopic (exact) mass is 353 g/mol.